The van der Waals surface area contributed by atoms with Crippen LogP contribution in [0.1, 0.15) is 34.4 Å². The van der Waals surface area contributed by atoms with Crippen LogP contribution in [-0.2, 0) is 37.0 Å². The second-order valence-electron chi connectivity index (χ2n) is 7.97. The number of hydrazone groups is 1. The molecule has 0 bridgehead atoms. The maximum Gasteiger partial charge on any atom is 0.338 e. The minimum absolute atomic E-state index is 0.0952. The van der Waals surface area contributed by atoms with Gasteiger partial charge in [0.2, 0.25) is 0 Å². The monoisotopic (exact) mass is 549 g/mol. The number of carbonyl (C=O) groups is 5. The third-order valence-corrected chi connectivity index (χ3v) is 5.14. The van der Waals surface area contributed by atoms with E-state index in [1.54, 1.807) is 38.3 Å². The van der Waals surface area contributed by atoms with Gasteiger partial charge in [-0.3, -0.25) is 19.2 Å². The Bertz CT molecular complexity index is 1380. The number of carbonyl (C=O) groups excluding carboxylic acids is 5. The van der Waals surface area contributed by atoms with Gasteiger partial charge in [-0.15, -0.1) is 0 Å². The molecule has 3 rings (SSSR count). The molecule has 3 aromatic rings. The fourth-order valence-electron chi connectivity index (χ4n) is 3.11. The van der Waals surface area contributed by atoms with E-state index in [2.05, 4.69) is 26.5 Å². The van der Waals surface area contributed by atoms with Gasteiger partial charge in [-0.1, -0.05) is 12.1 Å². The Morgan fingerprint density at radius 1 is 0.825 bits per heavy atom. The summed E-state index contributed by atoms with van der Waals surface area (Å²) in [7, 11) is 1.55. The summed E-state index contributed by atoms with van der Waals surface area (Å²) in [6.45, 7) is 1.98. The van der Waals surface area contributed by atoms with Crippen molar-refractivity contribution < 1.29 is 37.9 Å². The number of anilines is 1. The van der Waals surface area contributed by atoms with Gasteiger partial charge in [-0.05, 0) is 61.0 Å². The number of nitrogens with zero attached hydrogens (tertiary/aromatic N) is 1. The summed E-state index contributed by atoms with van der Waals surface area (Å²) in [5, 5.41) is 11.0. The Balaban J connectivity index is 1.39. The number of rotatable bonds is 10. The first-order valence-corrected chi connectivity index (χ1v) is 12.0. The van der Waals surface area contributed by atoms with Gasteiger partial charge < -0.3 is 29.8 Å². The van der Waals surface area contributed by atoms with Gasteiger partial charge in [0.15, 0.2) is 0 Å². The van der Waals surface area contributed by atoms with Gasteiger partial charge >= 0.3 is 29.6 Å². The number of methoxy groups -OCH3 is 1. The number of amides is 4. The van der Waals surface area contributed by atoms with Crippen molar-refractivity contribution >= 4 is 41.5 Å². The highest BCUT2D eigenvalue weighted by atomic mass is 16.5. The van der Waals surface area contributed by atoms with Crippen molar-refractivity contribution in [1.29, 1.82) is 0 Å². The first-order chi connectivity index (χ1) is 19.3. The first kappa shape index (κ1) is 29.1. The summed E-state index contributed by atoms with van der Waals surface area (Å²) in [5.74, 6) is -2.94. The average Bonchev–Trinajstić information content (AvgIpc) is 3.42. The van der Waals surface area contributed by atoms with E-state index in [-0.39, 0.29) is 25.5 Å². The highest BCUT2D eigenvalue weighted by molar-refractivity contribution is 6.39. The van der Waals surface area contributed by atoms with Crippen molar-refractivity contribution in [2.75, 3.05) is 19.0 Å². The number of hydrogen-bond acceptors (Lipinski definition) is 9. The molecule has 0 aliphatic carbocycles. The molecular formula is C27H27N5O8. The number of furan rings is 1. The van der Waals surface area contributed by atoms with Crippen LogP contribution >= 0.6 is 0 Å². The lowest BCUT2D eigenvalue weighted by molar-refractivity contribution is -0.139. The molecule has 0 aliphatic heterocycles. The third-order valence-electron chi connectivity index (χ3n) is 5.14. The van der Waals surface area contributed by atoms with Crippen molar-refractivity contribution in [2.45, 2.75) is 20.0 Å². The molecule has 40 heavy (non-hydrogen) atoms. The second kappa shape index (κ2) is 14.5. The summed E-state index contributed by atoms with van der Waals surface area (Å²) in [5.41, 5.74) is 3.50. The molecule has 0 unspecified atom stereocenters. The van der Waals surface area contributed by atoms with E-state index in [0.29, 0.717) is 22.8 Å². The highest BCUT2D eigenvalue weighted by Gasteiger charge is 2.15. The summed E-state index contributed by atoms with van der Waals surface area (Å²) < 4.78 is 15.4. The Hall–Kier alpha value is -5.46. The predicted octanol–water partition coefficient (Wildman–Crippen LogP) is 1.49. The number of ether oxygens (including phenoxy) is 2. The first-order valence-electron chi connectivity index (χ1n) is 12.0. The van der Waals surface area contributed by atoms with E-state index in [1.807, 2.05) is 0 Å². The van der Waals surface area contributed by atoms with Crippen molar-refractivity contribution in [2.24, 2.45) is 5.10 Å². The van der Waals surface area contributed by atoms with Crippen LogP contribution in [0.25, 0.3) is 0 Å². The van der Waals surface area contributed by atoms with Crippen molar-refractivity contribution in [3.05, 3.63) is 83.3 Å². The molecule has 13 heteroatoms. The summed E-state index contributed by atoms with van der Waals surface area (Å²) in [6, 6.07) is 15.9. The van der Waals surface area contributed by atoms with Crippen molar-refractivity contribution in [1.82, 2.24) is 16.1 Å². The number of benzene rings is 2. The largest absolute Gasteiger partial charge is 0.497 e. The zero-order valence-corrected chi connectivity index (χ0v) is 21.7. The van der Waals surface area contributed by atoms with Crippen LogP contribution in [0.3, 0.4) is 0 Å². The molecule has 13 nitrogen and oxygen atoms in total. The summed E-state index contributed by atoms with van der Waals surface area (Å²) in [4.78, 5) is 59.8. The Morgan fingerprint density at radius 3 is 2.17 bits per heavy atom. The average molecular weight is 550 g/mol. The minimum Gasteiger partial charge on any atom is -0.497 e. The van der Waals surface area contributed by atoms with Gasteiger partial charge in [-0.25, -0.2) is 10.2 Å². The zero-order valence-electron chi connectivity index (χ0n) is 21.7. The maximum absolute atomic E-state index is 12.1. The van der Waals surface area contributed by atoms with Crippen LogP contribution < -0.4 is 26.1 Å². The lowest BCUT2D eigenvalue weighted by Crippen LogP contribution is -2.37. The molecular weight excluding hydrogens is 522 g/mol. The SMILES string of the molecule is CCOC(=O)c1ccc(NC(=O)C(=O)NCc2ccc(/C=N/NC(=O)C(=O)NCc3ccc(OC)cc3)o2)cc1. The molecule has 0 spiro atoms. The molecule has 0 fully saturated rings. The van der Waals surface area contributed by atoms with Crippen LogP contribution in [0.5, 0.6) is 5.75 Å². The van der Waals surface area contributed by atoms with E-state index in [4.69, 9.17) is 13.9 Å². The van der Waals surface area contributed by atoms with Crippen LogP contribution in [-0.4, -0.2) is 49.5 Å². The lowest BCUT2D eigenvalue weighted by atomic mass is 10.2. The van der Waals surface area contributed by atoms with Gasteiger partial charge in [0, 0.05) is 12.2 Å². The molecule has 1 aromatic heterocycles. The zero-order chi connectivity index (χ0) is 28.9. The van der Waals surface area contributed by atoms with Crippen LogP contribution in [0, 0.1) is 0 Å². The van der Waals surface area contributed by atoms with Crippen LogP contribution in [0.4, 0.5) is 5.69 Å². The highest BCUT2D eigenvalue weighted by Crippen LogP contribution is 2.12. The molecule has 0 saturated heterocycles. The quantitative estimate of drug-likeness (QED) is 0.127. The molecule has 0 radical (unpaired) electrons. The molecule has 4 N–H and O–H groups in total. The number of nitrogens with one attached hydrogen (secondary N) is 4. The molecule has 208 valence electrons. The standard InChI is InChI=1S/C27H27N5O8/c1-3-39-27(37)18-6-8-19(9-7-18)31-25(35)23(33)29-15-21-12-13-22(40-21)16-30-32-26(36)24(34)28-14-17-4-10-20(38-2)11-5-17/h4-13,16H,3,14-15H2,1-2H3,(H,28,34)(H,29,33)(H,31,35)(H,32,36)/b30-16+. The maximum atomic E-state index is 12.1. The Morgan fingerprint density at radius 2 is 1.50 bits per heavy atom. The van der Waals surface area contributed by atoms with E-state index in [0.717, 1.165) is 5.56 Å². The lowest BCUT2D eigenvalue weighted by Gasteiger charge is -2.07. The number of hydrogen-bond donors (Lipinski definition) is 4. The van der Waals surface area contributed by atoms with Crippen molar-refractivity contribution in [3.8, 4) is 5.75 Å². The van der Waals surface area contributed by atoms with Crippen LogP contribution in [0.2, 0.25) is 0 Å². The van der Waals surface area contributed by atoms with E-state index in [9.17, 15) is 24.0 Å². The smallest absolute Gasteiger partial charge is 0.338 e. The van der Waals surface area contributed by atoms with Gasteiger partial charge in [0.25, 0.3) is 0 Å². The topological polar surface area (TPSA) is 177 Å². The molecule has 0 saturated carbocycles. The van der Waals surface area contributed by atoms with Gasteiger partial charge in [0.1, 0.15) is 17.3 Å². The molecule has 2 aromatic carbocycles. The Kier molecular flexibility index (Phi) is 10.5. The summed E-state index contributed by atoms with van der Waals surface area (Å²) in [6.07, 6.45) is 1.17. The third kappa shape index (κ3) is 8.83. The fourth-order valence-corrected chi connectivity index (χ4v) is 3.11. The second-order valence-corrected chi connectivity index (χ2v) is 7.97. The minimum atomic E-state index is -0.967. The van der Waals surface area contributed by atoms with E-state index in [1.165, 1.54) is 42.6 Å². The van der Waals surface area contributed by atoms with Gasteiger partial charge in [0.05, 0.1) is 32.0 Å². The normalized spacial score (nSPS) is 10.4. The van der Waals surface area contributed by atoms with Crippen LogP contribution in [0.15, 0.2) is 70.2 Å². The van der Waals surface area contributed by atoms with Gasteiger partial charge in [-0.2, -0.15) is 5.10 Å². The molecule has 1 heterocycles. The van der Waals surface area contributed by atoms with Crippen molar-refractivity contribution in [3.63, 3.8) is 0 Å². The van der Waals surface area contributed by atoms with E-state index < -0.39 is 29.6 Å². The predicted molar refractivity (Wildman–Crippen MR) is 142 cm³/mol. The Labute approximate surface area is 228 Å². The fraction of sp³-hybridized carbons (Fsp3) is 0.185. The number of esters is 1. The molecule has 4 amide bonds. The molecule has 0 atom stereocenters. The van der Waals surface area contributed by atoms with E-state index >= 15 is 0 Å². The summed E-state index contributed by atoms with van der Waals surface area (Å²) >= 11 is 0. The molecule has 0 aliphatic rings.